The standard InChI is InChI=1S/C42H48N6O8/c1-47-25-32(28-17-19-43-23-30(28)40(47)52)26-20-35(55-2)31(36(21-26)56-3)24-44-22-27(49)12-9-7-5-4-6-8-10-18-45-33-14-11-13-29-38(33)42(54)48(41(29)53)34-15-16-37(50)46-39(34)51/h11,13-14,17,19-21,23,25,34,44-45H,4-10,12,15-16,18,22,24H2,1-3H3,(H,46,50,51). The number of nitrogens with zero attached hydrogens (tertiary/aromatic N) is 3. The molecule has 1 unspecified atom stereocenters. The van der Waals surface area contributed by atoms with E-state index in [1.807, 2.05) is 18.2 Å². The van der Waals surface area contributed by atoms with Crippen molar-refractivity contribution in [3.63, 3.8) is 0 Å². The van der Waals surface area contributed by atoms with Gasteiger partial charge in [-0.05, 0) is 60.5 Å². The van der Waals surface area contributed by atoms with Gasteiger partial charge in [-0.1, -0.05) is 38.2 Å². The summed E-state index contributed by atoms with van der Waals surface area (Å²) in [5, 5.41) is 10.1. The predicted octanol–water partition coefficient (Wildman–Crippen LogP) is 4.91. The molecular weight excluding hydrogens is 716 g/mol. The van der Waals surface area contributed by atoms with Gasteiger partial charge in [0.1, 0.15) is 23.3 Å². The number of nitrogens with one attached hydrogen (secondary N) is 3. The predicted molar refractivity (Wildman–Crippen MR) is 211 cm³/mol. The summed E-state index contributed by atoms with van der Waals surface area (Å²) in [5.74, 6) is -0.702. The van der Waals surface area contributed by atoms with Gasteiger partial charge in [0.05, 0.1) is 37.3 Å². The highest BCUT2D eigenvalue weighted by Gasteiger charge is 2.45. The molecule has 2 aliphatic heterocycles. The van der Waals surface area contributed by atoms with Gasteiger partial charge in [-0.25, -0.2) is 0 Å². The van der Waals surface area contributed by atoms with Crippen LogP contribution >= 0.6 is 0 Å². The van der Waals surface area contributed by atoms with E-state index in [9.17, 15) is 28.8 Å². The van der Waals surface area contributed by atoms with Crippen LogP contribution in [0, 0.1) is 0 Å². The largest absolute Gasteiger partial charge is 0.496 e. The van der Waals surface area contributed by atoms with Gasteiger partial charge in [0.25, 0.3) is 17.4 Å². The van der Waals surface area contributed by atoms with E-state index in [1.54, 1.807) is 58.1 Å². The Kier molecular flexibility index (Phi) is 12.9. The van der Waals surface area contributed by atoms with Crippen molar-refractivity contribution in [2.45, 2.75) is 76.8 Å². The lowest BCUT2D eigenvalue weighted by Crippen LogP contribution is -2.54. The number of fused-ring (bicyclic) bond motifs is 2. The first-order valence-electron chi connectivity index (χ1n) is 19.1. The molecule has 0 bridgehead atoms. The van der Waals surface area contributed by atoms with Gasteiger partial charge in [-0.15, -0.1) is 0 Å². The van der Waals surface area contributed by atoms with Crippen LogP contribution in [0.1, 0.15) is 90.5 Å². The average molecular weight is 765 g/mol. The highest BCUT2D eigenvalue weighted by atomic mass is 16.5. The zero-order valence-electron chi connectivity index (χ0n) is 32.1. The number of pyridine rings is 2. The smallest absolute Gasteiger partial charge is 0.264 e. The van der Waals surface area contributed by atoms with Crippen molar-refractivity contribution >= 4 is 45.9 Å². The van der Waals surface area contributed by atoms with E-state index in [2.05, 4.69) is 20.9 Å². The minimum absolute atomic E-state index is 0.0778. The van der Waals surface area contributed by atoms with Crippen LogP contribution in [-0.4, -0.2) is 77.2 Å². The molecule has 0 saturated carbocycles. The highest BCUT2D eigenvalue weighted by Crippen LogP contribution is 2.37. The van der Waals surface area contributed by atoms with Crippen LogP contribution in [-0.2, 0) is 28.0 Å². The van der Waals surface area contributed by atoms with Gasteiger partial charge in [-0.2, -0.15) is 0 Å². The number of amides is 4. The van der Waals surface area contributed by atoms with Crippen LogP contribution in [0.3, 0.4) is 0 Å². The maximum atomic E-state index is 13.3. The summed E-state index contributed by atoms with van der Waals surface area (Å²) in [6.07, 6.45) is 12.5. The number of carbonyl (C=O) groups is 5. The van der Waals surface area contributed by atoms with Crippen molar-refractivity contribution in [1.29, 1.82) is 0 Å². The maximum absolute atomic E-state index is 13.3. The first-order chi connectivity index (χ1) is 27.1. The number of imide groups is 2. The molecule has 0 spiro atoms. The molecule has 1 fully saturated rings. The van der Waals surface area contributed by atoms with Crippen molar-refractivity contribution in [3.05, 3.63) is 82.0 Å². The van der Waals surface area contributed by atoms with Crippen molar-refractivity contribution in [2.24, 2.45) is 7.05 Å². The number of aryl methyl sites for hydroxylation is 1. The van der Waals surface area contributed by atoms with Crippen molar-refractivity contribution < 1.29 is 33.4 Å². The molecule has 2 aliphatic rings. The summed E-state index contributed by atoms with van der Waals surface area (Å²) >= 11 is 0. The fourth-order valence-corrected chi connectivity index (χ4v) is 7.49. The molecule has 2 aromatic carbocycles. The molecule has 14 nitrogen and oxygen atoms in total. The van der Waals surface area contributed by atoms with Gasteiger partial charge in [0.2, 0.25) is 11.8 Å². The van der Waals surface area contributed by atoms with Crippen LogP contribution in [0.25, 0.3) is 21.9 Å². The summed E-state index contributed by atoms with van der Waals surface area (Å²) < 4.78 is 13.0. The van der Waals surface area contributed by atoms with Gasteiger partial charge in [-0.3, -0.25) is 44.0 Å². The first-order valence-corrected chi connectivity index (χ1v) is 19.1. The average Bonchev–Trinajstić information content (AvgIpc) is 3.45. The third-order valence-electron chi connectivity index (χ3n) is 10.4. The van der Waals surface area contributed by atoms with Crippen LogP contribution < -0.4 is 31.0 Å². The number of aromatic nitrogens is 2. The lowest BCUT2D eigenvalue weighted by molar-refractivity contribution is -0.136. The Morgan fingerprint density at radius 1 is 0.893 bits per heavy atom. The topological polar surface area (TPSA) is 178 Å². The quantitative estimate of drug-likeness (QED) is 0.0873. The lowest BCUT2D eigenvalue weighted by atomic mass is 9.99. The van der Waals surface area contributed by atoms with E-state index in [0.29, 0.717) is 42.1 Å². The van der Waals surface area contributed by atoms with Crippen molar-refractivity contribution in [3.8, 4) is 22.6 Å². The number of carbonyl (C=O) groups excluding carboxylic acids is 5. The molecule has 1 saturated heterocycles. The molecule has 4 amide bonds. The molecule has 6 rings (SSSR count). The normalized spacial score (nSPS) is 15.3. The van der Waals surface area contributed by atoms with Gasteiger partial charge in [0, 0.05) is 68.4 Å². The van der Waals surface area contributed by atoms with Crippen LogP contribution in [0.15, 0.2) is 59.8 Å². The maximum Gasteiger partial charge on any atom is 0.264 e. The zero-order chi connectivity index (χ0) is 39.8. The Morgan fingerprint density at radius 3 is 2.32 bits per heavy atom. The van der Waals surface area contributed by atoms with Gasteiger partial charge >= 0.3 is 0 Å². The molecular formula is C42H48N6O8. The molecule has 3 N–H and O–H groups in total. The third-order valence-corrected chi connectivity index (χ3v) is 10.4. The monoisotopic (exact) mass is 764 g/mol. The summed E-state index contributed by atoms with van der Waals surface area (Å²) in [4.78, 5) is 80.7. The molecule has 2 aromatic heterocycles. The Labute approximate surface area is 324 Å². The van der Waals surface area contributed by atoms with E-state index >= 15 is 0 Å². The van der Waals surface area contributed by atoms with Gasteiger partial charge in [0.15, 0.2) is 0 Å². The number of piperidine rings is 1. The molecule has 56 heavy (non-hydrogen) atoms. The number of unbranched alkanes of at least 4 members (excludes halogenated alkanes) is 6. The van der Waals surface area contributed by atoms with E-state index in [4.69, 9.17) is 9.47 Å². The zero-order valence-corrected chi connectivity index (χ0v) is 32.1. The number of benzene rings is 2. The van der Waals surface area contributed by atoms with E-state index < -0.39 is 29.7 Å². The fourth-order valence-electron chi connectivity index (χ4n) is 7.49. The summed E-state index contributed by atoms with van der Waals surface area (Å²) in [5.41, 5.74) is 3.44. The number of hydrogen-bond donors (Lipinski definition) is 3. The van der Waals surface area contributed by atoms with Crippen molar-refractivity contribution in [2.75, 3.05) is 32.6 Å². The number of methoxy groups -OCH3 is 2. The van der Waals surface area contributed by atoms with E-state index in [-0.39, 0.29) is 41.9 Å². The second-order valence-electron chi connectivity index (χ2n) is 14.2. The lowest BCUT2D eigenvalue weighted by Gasteiger charge is -2.27. The molecule has 4 aromatic rings. The molecule has 1 atom stereocenters. The SMILES string of the molecule is COc1cc(-c2cn(C)c(=O)c3cnccc23)cc(OC)c1CNCC(=O)CCCCCCCCCNc1cccc2c1C(=O)N(C1CCC(=O)NC1=O)C2=O. The van der Waals surface area contributed by atoms with Crippen LogP contribution in [0.4, 0.5) is 5.69 Å². The number of anilines is 1. The molecule has 0 radical (unpaired) electrons. The first kappa shape index (κ1) is 39.8. The summed E-state index contributed by atoms with van der Waals surface area (Å²) in [7, 11) is 4.90. The van der Waals surface area contributed by atoms with Crippen molar-refractivity contribution in [1.82, 2.24) is 25.1 Å². The number of ketones is 1. The third kappa shape index (κ3) is 8.65. The number of ether oxygens (including phenoxy) is 2. The minimum Gasteiger partial charge on any atom is -0.496 e. The molecule has 294 valence electrons. The number of Topliss-reactive ketones (excluding diaryl/α,β-unsaturated/α-hetero) is 1. The summed E-state index contributed by atoms with van der Waals surface area (Å²) in [6.45, 7) is 1.25. The van der Waals surface area contributed by atoms with Gasteiger partial charge < -0.3 is 24.7 Å². The second-order valence-corrected chi connectivity index (χ2v) is 14.2. The fraction of sp³-hybridized carbons (Fsp3) is 0.405. The summed E-state index contributed by atoms with van der Waals surface area (Å²) in [6, 6.07) is 9.73. The molecule has 4 heterocycles. The van der Waals surface area contributed by atoms with Crippen LogP contribution in [0.5, 0.6) is 11.5 Å². The van der Waals surface area contributed by atoms with Crippen LogP contribution in [0.2, 0.25) is 0 Å². The molecule has 14 heteroatoms. The number of rotatable bonds is 19. The Hall–Kier alpha value is -5.89. The second kappa shape index (κ2) is 18.2. The highest BCUT2D eigenvalue weighted by molar-refractivity contribution is 6.25. The van der Waals surface area contributed by atoms with E-state index in [0.717, 1.165) is 71.9 Å². The molecule has 0 aliphatic carbocycles. The van der Waals surface area contributed by atoms with E-state index in [1.165, 1.54) is 4.57 Å². The Morgan fingerprint density at radius 2 is 1.61 bits per heavy atom. The Bertz CT molecular complexity index is 2190. The minimum atomic E-state index is -0.992. The Balaban J connectivity index is 0.883. The number of hydrogen-bond acceptors (Lipinski definition) is 11.